The summed E-state index contributed by atoms with van der Waals surface area (Å²) in [7, 11) is 4.11. The number of aromatic nitrogens is 1. The molecule has 0 aliphatic carbocycles. The molecule has 0 fully saturated rings. The standard InChI is InChI=1S/C15H17Cl2N3/c1-19(13-5-3-12(16)4-6-13)9-10-20(2)14-7-8-15(17)18-11-14/h3-8,11H,9-10H2,1-2H3. The van der Waals surface area contributed by atoms with Gasteiger partial charge >= 0.3 is 0 Å². The normalized spacial score (nSPS) is 10.4. The first-order valence-corrected chi connectivity index (χ1v) is 7.11. The van der Waals surface area contributed by atoms with Gasteiger partial charge in [-0.05, 0) is 36.4 Å². The average molecular weight is 310 g/mol. The molecule has 0 aliphatic rings. The number of anilines is 2. The molecular formula is C15H17Cl2N3. The second-order valence-electron chi connectivity index (χ2n) is 4.66. The second-order valence-corrected chi connectivity index (χ2v) is 5.48. The maximum atomic E-state index is 5.89. The third-order valence-corrected chi connectivity index (χ3v) is 3.67. The van der Waals surface area contributed by atoms with Gasteiger partial charge in [0.2, 0.25) is 0 Å². The molecule has 1 heterocycles. The molecule has 106 valence electrons. The molecule has 3 nitrogen and oxygen atoms in total. The summed E-state index contributed by atoms with van der Waals surface area (Å²) < 4.78 is 0. The fourth-order valence-corrected chi connectivity index (χ4v) is 2.09. The van der Waals surface area contributed by atoms with Crippen LogP contribution >= 0.6 is 23.2 Å². The van der Waals surface area contributed by atoms with Gasteiger partial charge in [-0.25, -0.2) is 4.98 Å². The first kappa shape index (κ1) is 14.9. The summed E-state index contributed by atoms with van der Waals surface area (Å²) in [5.74, 6) is 0. The molecular weight excluding hydrogens is 293 g/mol. The molecule has 0 saturated heterocycles. The van der Waals surface area contributed by atoms with E-state index in [1.807, 2.05) is 37.4 Å². The van der Waals surface area contributed by atoms with Gasteiger partial charge in [0.05, 0.1) is 11.9 Å². The van der Waals surface area contributed by atoms with Gasteiger partial charge in [0, 0.05) is 37.9 Å². The summed E-state index contributed by atoms with van der Waals surface area (Å²) in [6.07, 6.45) is 1.78. The first-order valence-electron chi connectivity index (χ1n) is 6.35. The highest BCUT2D eigenvalue weighted by atomic mass is 35.5. The molecule has 1 aromatic heterocycles. The van der Waals surface area contributed by atoms with Gasteiger partial charge < -0.3 is 9.80 Å². The zero-order valence-electron chi connectivity index (χ0n) is 11.6. The van der Waals surface area contributed by atoms with E-state index in [9.17, 15) is 0 Å². The minimum atomic E-state index is 0.514. The van der Waals surface area contributed by atoms with Gasteiger partial charge in [0.15, 0.2) is 0 Å². The fourth-order valence-electron chi connectivity index (χ4n) is 1.85. The van der Waals surface area contributed by atoms with Gasteiger partial charge in [-0.2, -0.15) is 0 Å². The molecule has 2 aromatic rings. The van der Waals surface area contributed by atoms with Crippen molar-refractivity contribution in [3.8, 4) is 0 Å². The minimum absolute atomic E-state index is 0.514. The Labute approximate surface area is 129 Å². The van der Waals surface area contributed by atoms with Crippen LogP contribution in [0.1, 0.15) is 0 Å². The number of hydrogen-bond acceptors (Lipinski definition) is 3. The van der Waals surface area contributed by atoms with E-state index >= 15 is 0 Å². The van der Waals surface area contributed by atoms with E-state index in [1.165, 1.54) is 0 Å². The highest BCUT2D eigenvalue weighted by Gasteiger charge is 2.05. The summed E-state index contributed by atoms with van der Waals surface area (Å²) in [5, 5.41) is 1.27. The van der Waals surface area contributed by atoms with E-state index in [2.05, 4.69) is 21.8 Å². The topological polar surface area (TPSA) is 19.4 Å². The van der Waals surface area contributed by atoms with Gasteiger partial charge in [0.1, 0.15) is 5.15 Å². The molecule has 0 N–H and O–H groups in total. The lowest BCUT2D eigenvalue weighted by atomic mass is 10.3. The number of halogens is 2. The molecule has 5 heteroatoms. The predicted molar refractivity (Wildman–Crippen MR) is 87.2 cm³/mol. The van der Waals surface area contributed by atoms with Crippen LogP contribution in [0.25, 0.3) is 0 Å². The Morgan fingerprint density at radius 1 is 0.850 bits per heavy atom. The summed E-state index contributed by atoms with van der Waals surface area (Å²) in [4.78, 5) is 8.43. The molecule has 0 aliphatic heterocycles. The second kappa shape index (κ2) is 6.82. The summed E-state index contributed by atoms with van der Waals surface area (Å²) in [6.45, 7) is 1.79. The van der Waals surface area contributed by atoms with Crippen molar-refractivity contribution in [3.63, 3.8) is 0 Å². The van der Waals surface area contributed by atoms with Crippen LogP contribution in [-0.4, -0.2) is 32.2 Å². The largest absolute Gasteiger partial charge is 0.373 e. The molecule has 1 aromatic carbocycles. The number of nitrogens with zero attached hydrogens (tertiary/aromatic N) is 3. The van der Waals surface area contributed by atoms with E-state index in [0.717, 1.165) is 29.5 Å². The van der Waals surface area contributed by atoms with E-state index in [0.29, 0.717) is 5.15 Å². The van der Waals surface area contributed by atoms with Crippen LogP contribution in [0, 0.1) is 0 Å². The van der Waals surface area contributed by atoms with Crippen molar-refractivity contribution in [1.29, 1.82) is 0 Å². The lowest BCUT2D eigenvalue weighted by Gasteiger charge is -2.25. The Morgan fingerprint density at radius 2 is 1.40 bits per heavy atom. The van der Waals surface area contributed by atoms with E-state index in [1.54, 1.807) is 12.3 Å². The number of pyridine rings is 1. The quantitative estimate of drug-likeness (QED) is 0.779. The lowest BCUT2D eigenvalue weighted by Crippen LogP contribution is -2.30. The third kappa shape index (κ3) is 4.02. The Bertz CT molecular complexity index is 489. The Morgan fingerprint density at radius 3 is 1.95 bits per heavy atom. The predicted octanol–water partition coefficient (Wildman–Crippen LogP) is 3.96. The van der Waals surface area contributed by atoms with Gasteiger partial charge in [-0.15, -0.1) is 0 Å². The van der Waals surface area contributed by atoms with Crippen molar-refractivity contribution in [3.05, 3.63) is 52.8 Å². The molecule has 0 amide bonds. The minimum Gasteiger partial charge on any atom is -0.373 e. The molecule has 2 rings (SSSR count). The van der Waals surface area contributed by atoms with Crippen molar-refractivity contribution < 1.29 is 0 Å². The molecule has 0 bridgehead atoms. The van der Waals surface area contributed by atoms with E-state index < -0.39 is 0 Å². The van der Waals surface area contributed by atoms with Crippen LogP contribution in [0.3, 0.4) is 0 Å². The lowest BCUT2D eigenvalue weighted by molar-refractivity contribution is 0.831. The smallest absolute Gasteiger partial charge is 0.129 e. The molecule has 20 heavy (non-hydrogen) atoms. The summed E-state index contributed by atoms with van der Waals surface area (Å²) >= 11 is 11.7. The maximum Gasteiger partial charge on any atom is 0.129 e. The Balaban J connectivity index is 1.91. The SMILES string of the molecule is CN(CCN(C)c1ccc(Cl)nc1)c1ccc(Cl)cc1. The van der Waals surface area contributed by atoms with E-state index in [4.69, 9.17) is 23.2 Å². The van der Waals surface area contributed by atoms with Gasteiger partial charge in [0.25, 0.3) is 0 Å². The number of hydrogen-bond donors (Lipinski definition) is 0. The highest BCUT2D eigenvalue weighted by molar-refractivity contribution is 6.30. The maximum absolute atomic E-state index is 5.89. The van der Waals surface area contributed by atoms with Gasteiger partial charge in [-0.3, -0.25) is 0 Å². The van der Waals surface area contributed by atoms with Crippen LogP contribution in [0.15, 0.2) is 42.6 Å². The average Bonchev–Trinajstić information content (AvgIpc) is 2.46. The van der Waals surface area contributed by atoms with Crippen LogP contribution in [-0.2, 0) is 0 Å². The molecule has 0 unspecified atom stereocenters. The Hall–Kier alpha value is -1.45. The van der Waals surface area contributed by atoms with Crippen LogP contribution in [0.5, 0.6) is 0 Å². The summed E-state index contributed by atoms with van der Waals surface area (Å²) in [6, 6.07) is 11.6. The fraction of sp³-hybridized carbons (Fsp3) is 0.267. The van der Waals surface area contributed by atoms with Gasteiger partial charge in [-0.1, -0.05) is 23.2 Å². The third-order valence-electron chi connectivity index (χ3n) is 3.19. The van der Waals surface area contributed by atoms with Crippen molar-refractivity contribution in [1.82, 2.24) is 4.98 Å². The van der Waals surface area contributed by atoms with Crippen LogP contribution < -0.4 is 9.80 Å². The number of benzene rings is 1. The summed E-state index contributed by atoms with van der Waals surface area (Å²) in [5.41, 5.74) is 2.20. The monoisotopic (exact) mass is 309 g/mol. The van der Waals surface area contributed by atoms with Crippen LogP contribution in [0.2, 0.25) is 10.2 Å². The zero-order chi connectivity index (χ0) is 14.5. The highest BCUT2D eigenvalue weighted by Crippen LogP contribution is 2.17. The van der Waals surface area contributed by atoms with E-state index in [-0.39, 0.29) is 0 Å². The first-order chi connectivity index (χ1) is 9.56. The van der Waals surface area contributed by atoms with Crippen molar-refractivity contribution in [2.75, 3.05) is 37.0 Å². The molecule has 0 spiro atoms. The zero-order valence-corrected chi connectivity index (χ0v) is 13.1. The Kier molecular flexibility index (Phi) is 5.10. The van der Waals surface area contributed by atoms with Crippen molar-refractivity contribution in [2.24, 2.45) is 0 Å². The van der Waals surface area contributed by atoms with Crippen molar-refractivity contribution >= 4 is 34.6 Å². The van der Waals surface area contributed by atoms with Crippen LogP contribution in [0.4, 0.5) is 11.4 Å². The molecule has 0 radical (unpaired) electrons. The number of likely N-dealkylation sites (N-methyl/N-ethyl adjacent to an activating group) is 2. The number of rotatable bonds is 5. The van der Waals surface area contributed by atoms with Crippen molar-refractivity contribution in [2.45, 2.75) is 0 Å². The molecule has 0 saturated carbocycles. The molecule has 0 atom stereocenters.